The van der Waals surface area contributed by atoms with E-state index in [0.717, 1.165) is 6.54 Å². The van der Waals surface area contributed by atoms with Crippen LogP contribution in [0.2, 0.25) is 0 Å². The first kappa shape index (κ1) is 19.7. The molecule has 11 heteroatoms. The summed E-state index contributed by atoms with van der Waals surface area (Å²) in [4.78, 5) is 1.60. The summed E-state index contributed by atoms with van der Waals surface area (Å²) in [5.74, 6) is 0. The highest BCUT2D eigenvalue weighted by molar-refractivity contribution is 7.80. The summed E-state index contributed by atoms with van der Waals surface area (Å²) in [6.07, 6.45) is -3.75. The highest BCUT2D eigenvalue weighted by Crippen LogP contribution is 2.18. The van der Waals surface area contributed by atoms with E-state index in [2.05, 4.69) is 4.18 Å². The summed E-state index contributed by atoms with van der Waals surface area (Å²) in [5, 5.41) is 40.4. The molecule has 0 unspecified atom stereocenters. The maximum Gasteiger partial charge on any atom is 0.397 e. The number of hydrogen-bond acceptors (Lipinski definition) is 8. The van der Waals surface area contributed by atoms with Crippen molar-refractivity contribution in [3.63, 3.8) is 0 Å². The van der Waals surface area contributed by atoms with Crippen LogP contribution in [0, 0.1) is 0 Å². The molecule has 1 fully saturated rings. The van der Waals surface area contributed by atoms with E-state index in [1.54, 1.807) is 4.90 Å². The summed E-state index contributed by atoms with van der Waals surface area (Å²) in [6.45, 7) is 1.76. The molecule has 0 saturated carbocycles. The third-order valence-corrected chi connectivity index (χ3v) is 4.24. The molecule has 1 aliphatic heterocycles. The Morgan fingerprint density at radius 2 is 2.05 bits per heavy atom. The van der Waals surface area contributed by atoms with Crippen molar-refractivity contribution in [1.82, 2.24) is 4.90 Å². The van der Waals surface area contributed by atoms with Crippen molar-refractivity contribution in [2.24, 2.45) is 0 Å². The van der Waals surface area contributed by atoms with E-state index in [1.807, 2.05) is 12.2 Å². The van der Waals surface area contributed by atoms with Crippen molar-refractivity contribution in [2.45, 2.75) is 37.3 Å². The van der Waals surface area contributed by atoms with Crippen molar-refractivity contribution in [3.05, 3.63) is 0 Å². The minimum Gasteiger partial charge on any atom is -0.395 e. The van der Waals surface area contributed by atoms with Crippen LogP contribution in [0.4, 0.5) is 0 Å². The van der Waals surface area contributed by atoms with E-state index in [-0.39, 0.29) is 19.2 Å². The zero-order chi connectivity index (χ0) is 16.9. The zero-order valence-electron chi connectivity index (χ0n) is 12.3. The van der Waals surface area contributed by atoms with Crippen LogP contribution in [0.15, 0.2) is 0 Å². The second-order valence-electron chi connectivity index (χ2n) is 5.31. The second-order valence-corrected chi connectivity index (χ2v) is 6.36. The van der Waals surface area contributed by atoms with Crippen LogP contribution in [-0.2, 0) is 14.6 Å². The van der Waals surface area contributed by atoms with Gasteiger partial charge in [0.2, 0.25) is 0 Å². The predicted molar refractivity (Wildman–Crippen MR) is 74.2 cm³/mol. The Bertz CT molecular complexity index is 434. The van der Waals surface area contributed by atoms with E-state index < -0.39 is 41.4 Å². The number of hydrogen-bond donors (Lipinski definition) is 6. The van der Waals surface area contributed by atoms with Crippen LogP contribution in [0.25, 0.3) is 0 Å². The molecule has 0 bridgehead atoms. The molecule has 0 aromatic carbocycles. The molecule has 0 aromatic rings. The van der Waals surface area contributed by atoms with Crippen molar-refractivity contribution < 1.29 is 42.9 Å². The third kappa shape index (κ3) is 5.37. The normalized spacial score (nSPS) is 29.6. The van der Waals surface area contributed by atoms with Crippen molar-refractivity contribution in [2.75, 3.05) is 32.8 Å². The molecule has 132 valence electrons. The standard InChI is InChI=1S/C11H24N2O8S/c1-2-12-7-3-13(8(5-14)11(7)17)4-9(16)10(6-15)21-22(18,19)20/h7-12,14-17H,2-6H2,1H3,(H,18,19,20)/p+1/t7-,8-,9-,10+,11+/m1/s1. The number of likely N-dealkylation sites (N-methyl/N-ethyl adjacent to an activating group) is 1. The number of rotatable bonds is 9. The van der Waals surface area contributed by atoms with Gasteiger partial charge in [-0.25, -0.2) is 4.18 Å². The lowest BCUT2D eigenvalue weighted by atomic mass is 10.1. The molecule has 0 spiro atoms. The van der Waals surface area contributed by atoms with E-state index in [9.17, 15) is 23.7 Å². The fourth-order valence-corrected chi connectivity index (χ4v) is 3.20. The minimum atomic E-state index is -4.81. The Hall–Kier alpha value is -0.370. The molecule has 22 heavy (non-hydrogen) atoms. The Morgan fingerprint density at radius 3 is 2.50 bits per heavy atom. The molecule has 0 aliphatic carbocycles. The molecule has 5 atom stereocenters. The number of β-amino-alcohol motifs (C(OH)–C–C–N with tert-alkyl or cyclic N) is 1. The van der Waals surface area contributed by atoms with Crippen LogP contribution in [0.1, 0.15) is 6.92 Å². The van der Waals surface area contributed by atoms with E-state index >= 15 is 0 Å². The van der Waals surface area contributed by atoms with Gasteiger partial charge in [-0.2, -0.15) is 8.42 Å². The number of nitrogens with zero attached hydrogens (tertiary/aromatic N) is 1. The summed E-state index contributed by atoms with van der Waals surface area (Å²) in [5.41, 5.74) is 0. The first-order valence-electron chi connectivity index (χ1n) is 7.04. The zero-order valence-corrected chi connectivity index (χ0v) is 13.1. The van der Waals surface area contributed by atoms with E-state index in [1.165, 1.54) is 0 Å². The number of nitrogens with two attached hydrogens (primary N) is 1. The van der Waals surface area contributed by atoms with Crippen molar-refractivity contribution in [3.8, 4) is 0 Å². The van der Waals surface area contributed by atoms with Gasteiger partial charge in [-0.1, -0.05) is 0 Å². The van der Waals surface area contributed by atoms with Gasteiger partial charge in [0.05, 0.1) is 38.4 Å². The largest absolute Gasteiger partial charge is 0.397 e. The maximum absolute atomic E-state index is 10.7. The fraction of sp³-hybridized carbons (Fsp3) is 1.00. The van der Waals surface area contributed by atoms with Gasteiger partial charge in [0.15, 0.2) is 0 Å². The van der Waals surface area contributed by atoms with E-state index in [4.69, 9.17) is 9.66 Å². The average molecular weight is 345 g/mol. The summed E-state index contributed by atoms with van der Waals surface area (Å²) in [6, 6.07) is -0.781. The lowest BCUT2D eigenvalue weighted by Gasteiger charge is -2.28. The highest BCUT2D eigenvalue weighted by atomic mass is 32.3. The molecule has 1 rings (SSSR count). The molecule has 7 N–H and O–H groups in total. The van der Waals surface area contributed by atoms with Crippen LogP contribution < -0.4 is 5.32 Å². The van der Waals surface area contributed by atoms with Gasteiger partial charge in [0.1, 0.15) is 18.2 Å². The van der Waals surface area contributed by atoms with Crippen LogP contribution in [0.5, 0.6) is 0 Å². The summed E-state index contributed by atoms with van der Waals surface area (Å²) in [7, 11) is -4.81. The lowest BCUT2D eigenvalue weighted by Crippen LogP contribution is -2.92. The first-order chi connectivity index (χ1) is 10.2. The maximum atomic E-state index is 10.7. The number of quaternary nitrogens is 1. The van der Waals surface area contributed by atoms with Gasteiger partial charge in [-0.15, -0.1) is 0 Å². The molecule has 10 nitrogen and oxygen atoms in total. The van der Waals surface area contributed by atoms with Crippen LogP contribution >= 0.6 is 0 Å². The van der Waals surface area contributed by atoms with Gasteiger partial charge < -0.3 is 25.7 Å². The third-order valence-electron chi connectivity index (χ3n) is 3.75. The smallest absolute Gasteiger partial charge is 0.395 e. The van der Waals surface area contributed by atoms with Crippen molar-refractivity contribution in [1.29, 1.82) is 0 Å². The topological polar surface area (TPSA) is 164 Å². The summed E-state index contributed by atoms with van der Waals surface area (Å²) >= 11 is 0. The molecule has 1 saturated heterocycles. The number of aliphatic hydroxyl groups excluding tert-OH is 4. The molecule has 0 radical (unpaired) electrons. The van der Waals surface area contributed by atoms with Gasteiger partial charge in [0, 0.05) is 6.54 Å². The first-order valence-corrected chi connectivity index (χ1v) is 8.40. The van der Waals surface area contributed by atoms with Gasteiger partial charge in [-0.05, 0) is 6.92 Å². The van der Waals surface area contributed by atoms with E-state index in [0.29, 0.717) is 6.54 Å². The molecule has 1 heterocycles. The minimum absolute atomic E-state index is 0.128. The highest BCUT2D eigenvalue weighted by Gasteiger charge is 2.43. The molecule has 0 amide bonds. The number of likely N-dealkylation sites (tertiary alicyclic amines) is 1. The van der Waals surface area contributed by atoms with Gasteiger partial charge in [-0.3, -0.25) is 9.45 Å². The van der Waals surface area contributed by atoms with Gasteiger partial charge >= 0.3 is 10.4 Å². The van der Waals surface area contributed by atoms with Crippen molar-refractivity contribution >= 4 is 10.4 Å². The Kier molecular flexibility index (Phi) is 7.58. The SMILES string of the molecule is CC[NH2+][C@@H]1CN(C[C@@H](O)[C@H](CO)OS(=O)(=O)O)[C@H](CO)[C@H]1O. The average Bonchev–Trinajstić information content (AvgIpc) is 2.71. The van der Waals surface area contributed by atoms with Gasteiger partial charge in [0.25, 0.3) is 0 Å². The van der Waals surface area contributed by atoms with Crippen LogP contribution in [-0.4, -0.2) is 102 Å². The Labute approximate surface area is 129 Å². The molecular formula is C11H25N2O8S+. The van der Waals surface area contributed by atoms with Crippen LogP contribution in [0.3, 0.4) is 0 Å². The second kappa shape index (κ2) is 8.47. The molecular weight excluding hydrogens is 320 g/mol. The summed E-state index contributed by atoms with van der Waals surface area (Å²) < 4.78 is 34.1. The lowest BCUT2D eigenvalue weighted by molar-refractivity contribution is -0.689. The fourth-order valence-electron chi connectivity index (χ4n) is 2.70. The Balaban J connectivity index is 2.70. The molecule has 0 aromatic heterocycles. The molecule has 1 aliphatic rings. The monoisotopic (exact) mass is 345 g/mol. The predicted octanol–water partition coefficient (Wildman–Crippen LogP) is -4.48. The quantitative estimate of drug-likeness (QED) is 0.226. The number of aliphatic hydroxyl groups is 4. The Morgan fingerprint density at radius 1 is 1.41 bits per heavy atom.